The second-order valence-electron chi connectivity index (χ2n) is 19.3. The highest BCUT2D eigenvalue weighted by atomic mass is 16.6. The van der Waals surface area contributed by atoms with E-state index in [4.69, 9.17) is 14.7 Å². The van der Waals surface area contributed by atoms with Gasteiger partial charge in [-0.3, -0.25) is 14.4 Å². The summed E-state index contributed by atoms with van der Waals surface area (Å²) in [6.07, 6.45) is 6.66. The Morgan fingerprint density at radius 2 is 1.06 bits per heavy atom. The van der Waals surface area contributed by atoms with Gasteiger partial charge in [-0.1, -0.05) is 0 Å². The lowest BCUT2D eigenvalue weighted by molar-refractivity contribution is -0.134. The fraction of sp³-hybridized carbons (Fsp3) is 0.644. The Hall–Kier alpha value is -5.56. The highest BCUT2D eigenvalue weighted by molar-refractivity contribution is 5.83. The minimum absolute atomic E-state index is 0.00503. The molecule has 5 aliphatic rings. The van der Waals surface area contributed by atoms with E-state index in [1.807, 2.05) is 63.2 Å². The van der Waals surface area contributed by atoms with Crippen LogP contribution in [0.1, 0.15) is 54.4 Å². The molecule has 19 heteroatoms. The van der Waals surface area contributed by atoms with Crippen LogP contribution in [0.5, 0.6) is 0 Å². The molecule has 4 aromatic heterocycles. The standard InChI is InChI=1S/C22H32N6O3.C17H24N6O.C6H12N2O/c1-14-11-23-28-18(14)24-17-8-10-26(21(30)31-22(2,3)4)9-7-16(17)19(28)27-12-15(13-27)20(29)25(5)6;1-11-8-19-23-15(11)20-14-5-7-18-6-4-13(14)16(23)22-9-12(10-22)17(24)21(2)3;1-8(2)6(9)5-3-7-4-5/h11,15H,7-10,12-13H2,1-6H3;8,12,18H,4-7,9-10H2,1-3H3;5,7H,3-4H2,1-2H3. The number of aromatic nitrogens is 6. The first kappa shape index (κ1) is 46.4. The van der Waals surface area contributed by atoms with Crippen molar-refractivity contribution < 1.29 is 23.9 Å². The smallest absolute Gasteiger partial charge is 0.410 e. The fourth-order valence-electron chi connectivity index (χ4n) is 8.74. The molecule has 0 spiro atoms. The molecule has 5 aliphatic heterocycles. The predicted octanol–water partition coefficient (Wildman–Crippen LogP) is 1.44. The van der Waals surface area contributed by atoms with E-state index in [1.165, 1.54) is 11.3 Å². The number of fused-ring (bicyclic) bond motifs is 4. The summed E-state index contributed by atoms with van der Waals surface area (Å²) in [5.41, 5.74) is 7.92. The maximum Gasteiger partial charge on any atom is 0.410 e. The molecule has 3 fully saturated rings. The molecule has 0 unspecified atom stereocenters. The minimum atomic E-state index is -0.525. The summed E-state index contributed by atoms with van der Waals surface area (Å²) in [6.45, 7) is 17.3. The third-order valence-electron chi connectivity index (χ3n) is 12.5. The molecule has 2 N–H and O–H groups in total. The Bertz CT molecular complexity index is 2370. The lowest BCUT2D eigenvalue weighted by atomic mass is 9.97. The zero-order valence-corrected chi connectivity index (χ0v) is 39.7. The van der Waals surface area contributed by atoms with E-state index in [9.17, 15) is 19.2 Å². The molecule has 0 bridgehead atoms. The molecule has 0 radical (unpaired) electrons. The number of nitrogens with one attached hydrogen (secondary N) is 2. The van der Waals surface area contributed by atoms with Crippen LogP contribution >= 0.6 is 0 Å². The molecule has 4 aromatic rings. The Kier molecular flexibility index (Phi) is 13.7. The maximum atomic E-state index is 12.6. The summed E-state index contributed by atoms with van der Waals surface area (Å²) in [5.74, 6) is 3.07. The van der Waals surface area contributed by atoms with Crippen molar-refractivity contribution >= 4 is 46.7 Å². The van der Waals surface area contributed by atoms with Crippen LogP contribution in [0.3, 0.4) is 0 Å². The van der Waals surface area contributed by atoms with Crippen molar-refractivity contribution in [2.45, 2.75) is 65.9 Å². The van der Waals surface area contributed by atoms with Gasteiger partial charge >= 0.3 is 6.09 Å². The molecule has 9 heterocycles. The number of amides is 4. The summed E-state index contributed by atoms with van der Waals surface area (Å²) < 4.78 is 9.45. The molecule has 0 aromatic carbocycles. The zero-order chi connectivity index (χ0) is 46.2. The second kappa shape index (κ2) is 18.9. The van der Waals surface area contributed by atoms with Crippen LogP contribution in [0.15, 0.2) is 12.4 Å². The van der Waals surface area contributed by atoms with Gasteiger partial charge in [-0.15, -0.1) is 0 Å². The Morgan fingerprint density at radius 1 is 0.625 bits per heavy atom. The van der Waals surface area contributed by atoms with E-state index < -0.39 is 5.60 Å². The van der Waals surface area contributed by atoms with E-state index in [0.29, 0.717) is 39.0 Å². The number of rotatable bonds is 5. The molecule has 0 saturated carbocycles. The Morgan fingerprint density at radius 3 is 1.50 bits per heavy atom. The quantitative estimate of drug-likeness (QED) is 0.294. The Balaban J connectivity index is 0.000000164. The van der Waals surface area contributed by atoms with Gasteiger partial charge in [0.2, 0.25) is 17.7 Å². The number of anilines is 2. The maximum absolute atomic E-state index is 12.6. The third kappa shape index (κ3) is 9.74. The number of hydrogen-bond donors (Lipinski definition) is 2. The van der Waals surface area contributed by atoms with Crippen molar-refractivity contribution in [3.63, 3.8) is 0 Å². The van der Waals surface area contributed by atoms with Crippen molar-refractivity contribution in [3.8, 4) is 0 Å². The van der Waals surface area contributed by atoms with Gasteiger partial charge in [-0.2, -0.15) is 19.2 Å². The molecule has 19 nitrogen and oxygen atoms in total. The monoisotopic (exact) mass is 885 g/mol. The van der Waals surface area contributed by atoms with Gasteiger partial charge in [-0.05, 0) is 54.0 Å². The molecule has 348 valence electrons. The molecular weight excluding hydrogens is 817 g/mol. The molecule has 4 amide bonds. The third-order valence-corrected chi connectivity index (χ3v) is 12.5. The predicted molar refractivity (Wildman–Crippen MR) is 245 cm³/mol. The average molecular weight is 885 g/mol. The van der Waals surface area contributed by atoms with E-state index in [-0.39, 0.29) is 41.6 Å². The van der Waals surface area contributed by atoms with Crippen molar-refractivity contribution in [1.29, 1.82) is 0 Å². The van der Waals surface area contributed by atoms with E-state index in [0.717, 1.165) is 97.4 Å². The number of aryl methyl sites for hydroxylation is 2. The minimum Gasteiger partial charge on any atom is -0.444 e. The van der Waals surface area contributed by atoms with Crippen LogP contribution in [-0.2, 0) is 44.8 Å². The topological polar surface area (TPSA) is 181 Å². The van der Waals surface area contributed by atoms with Crippen LogP contribution in [0.2, 0.25) is 0 Å². The van der Waals surface area contributed by atoms with Crippen molar-refractivity contribution in [3.05, 3.63) is 46.0 Å². The molecular formula is C45H68N14O5. The van der Waals surface area contributed by atoms with Crippen LogP contribution in [0.4, 0.5) is 16.4 Å². The van der Waals surface area contributed by atoms with Crippen molar-refractivity contribution in [2.24, 2.45) is 17.8 Å². The molecule has 0 aliphatic carbocycles. The van der Waals surface area contributed by atoms with Gasteiger partial charge < -0.3 is 44.8 Å². The molecule has 9 rings (SSSR count). The average Bonchev–Trinajstić information content (AvgIpc) is 3.52. The number of carbonyl (C=O) groups is 4. The zero-order valence-electron chi connectivity index (χ0n) is 39.7. The molecule has 3 saturated heterocycles. The van der Waals surface area contributed by atoms with Gasteiger partial charge in [0.05, 0.1) is 41.5 Å². The summed E-state index contributed by atoms with van der Waals surface area (Å²) in [4.78, 5) is 69.2. The first-order valence-corrected chi connectivity index (χ1v) is 22.6. The number of ether oxygens (including phenoxy) is 1. The lowest BCUT2D eigenvalue weighted by Crippen LogP contribution is -2.54. The highest BCUT2D eigenvalue weighted by Crippen LogP contribution is 2.35. The number of carbonyl (C=O) groups excluding carboxylic acids is 4. The van der Waals surface area contributed by atoms with Crippen LogP contribution < -0.4 is 20.4 Å². The highest BCUT2D eigenvalue weighted by Gasteiger charge is 2.39. The van der Waals surface area contributed by atoms with Crippen molar-refractivity contribution in [1.82, 2.24) is 59.4 Å². The largest absolute Gasteiger partial charge is 0.444 e. The van der Waals surface area contributed by atoms with E-state index in [1.54, 1.807) is 47.8 Å². The lowest BCUT2D eigenvalue weighted by Gasteiger charge is -2.41. The normalized spacial score (nSPS) is 17.8. The van der Waals surface area contributed by atoms with Gasteiger partial charge in [0.1, 0.15) is 17.2 Å². The summed E-state index contributed by atoms with van der Waals surface area (Å²) in [6, 6.07) is 0. The summed E-state index contributed by atoms with van der Waals surface area (Å²) in [7, 11) is 10.8. The van der Waals surface area contributed by atoms with E-state index >= 15 is 0 Å². The first-order chi connectivity index (χ1) is 30.3. The fourth-order valence-corrected chi connectivity index (χ4v) is 8.74. The second-order valence-corrected chi connectivity index (χ2v) is 19.3. The van der Waals surface area contributed by atoms with Crippen molar-refractivity contribution in [2.75, 3.05) is 118 Å². The number of hydrogen-bond acceptors (Lipinski definition) is 13. The van der Waals surface area contributed by atoms with E-state index in [2.05, 4.69) is 37.6 Å². The summed E-state index contributed by atoms with van der Waals surface area (Å²) >= 11 is 0. The first-order valence-electron chi connectivity index (χ1n) is 22.6. The molecule has 0 atom stereocenters. The Labute approximate surface area is 376 Å². The summed E-state index contributed by atoms with van der Waals surface area (Å²) in [5, 5.41) is 15.6. The molecule has 64 heavy (non-hydrogen) atoms. The van der Waals surface area contributed by atoms with Gasteiger partial charge in [-0.25, -0.2) is 14.8 Å². The van der Waals surface area contributed by atoms with Gasteiger partial charge in [0.15, 0.2) is 11.3 Å². The van der Waals surface area contributed by atoms with Crippen LogP contribution in [0.25, 0.3) is 11.3 Å². The van der Waals surface area contributed by atoms with Crippen LogP contribution in [-0.4, -0.2) is 186 Å². The van der Waals surface area contributed by atoms with Crippen LogP contribution in [0, 0.1) is 31.6 Å². The SMILES string of the molecule is CN(C)C(=O)C1CNC1.Cc1cnn2c(N3CC(C(=O)N(C)C)C3)c3c(nc12)CCN(C(=O)OC(C)(C)C)CC3.Cc1cnn2c(N3CC(C(=O)N(C)C)C3)c3c(nc12)CCNCC3. The van der Waals surface area contributed by atoms with Gasteiger partial charge in [0, 0.05) is 136 Å². The number of nitrogens with zero attached hydrogens (tertiary/aromatic N) is 12. The van der Waals surface area contributed by atoms with Gasteiger partial charge in [0.25, 0.3) is 0 Å².